The van der Waals surface area contributed by atoms with Gasteiger partial charge in [-0.1, -0.05) is 41.4 Å². The summed E-state index contributed by atoms with van der Waals surface area (Å²) in [6.45, 7) is 6.40. The van der Waals surface area contributed by atoms with Crippen molar-refractivity contribution in [3.8, 4) is 5.69 Å². The standard InChI is InChI=1S/C27H26ClN3O3/c1-18(8-6-12-29-2)14-20-11-7-13-30(20)25-16-24-21(15-23(25)28)26(32)22(27(33)34)17-31(24)19-9-4-3-5-10-19/h3-6,8-10,12,15-17,20H,2,7,11,13-14H2,1H3,(H,33,34)/b12-6-,18-8-. The number of benzene rings is 2. The highest BCUT2D eigenvalue weighted by atomic mass is 35.5. The van der Waals surface area contributed by atoms with Crippen LogP contribution in [0, 0.1) is 0 Å². The van der Waals surface area contributed by atoms with E-state index in [9.17, 15) is 14.7 Å². The van der Waals surface area contributed by atoms with Crippen LogP contribution in [-0.2, 0) is 0 Å². The van der Waals surface area contributed by atoms with Crippen molar-refractivity contribution in [2.45, 2.75) is 32.2 Å². The molecule has 7 heteroatoms. The molecule has 0 amide bonds. The highest BCUT2D eigenvalue weighted by Gasteiger charge is 2.27. The van der Waals surface area contributed by atoms with Crippen LogP contribution in [0.1, 0.15) is 36.5 Å². The Morgan fingerprint density at radius 2 is 2.06 bits per heavy atom. The quantitative estimate of drug-likeness (QED) is 0.343. The molecule has 1 aromatic heterocycles. The van der Waals surface area contributed by atoms with Gasteiger partial charge in [0.15, 0.2) is 0 Å². The van der Waals surface area contributed by atoms with E-state index in [0.717, 1.165) is 37.2 Å². The van der Waals surface area contributed by atoms with Gasteiger partial charge in [-0.15, -0.1) is 0 Å². The number of aromatic nitrogens is 1. The fourth-order valence-corrected chi connectivity index (χ4v) is 4.85. The average molecular weight is 476 g/mol. The lowest BCUT2D eigenvalue weighted by molar-refractivity contribution is 0.0695. The summed E-state index contributed by atoms with van der Waals surface area (Å²) in [6.07, 6.45) is 9.92. The molecule has 0 radical (unpaired) electrons. The van der Waals surface area contributed by atoms with Crippen LogP contribution in [-0.4, -0.2) is 34.9 Å². The SMILES string of the molecule is C=N/C=C\C=C(\C)CC1CCCN1c1cc2c(cc1Cl)c(=O)c(C(=O)O)cn2-c1ccccc1. The van der Waals surface area contributed by atoms with Gasteiger partial charge in [0.2, 0.25) is 5.43 Å². The Balaban J connectivity index is 1.84. The fourth-order valence-electron chi connectivity index (χ4n) is 4.58. The summed E-state index contributed by atoms with van der Waals surface area (Å²) in [6, 6.07) is 13.2. The van der Waals surface area contributed by atoms with Crippen molar-refractivity contribution < 1.29 is 9.90 Å². The number of fused-ring (bicyclic) bond motifs is 1. The third-order valence-electron chi connectivity index (χ3n) is 6.15. The van der Waals surface area contributed by atoms with Crippen molar-refractivity contribution in [2.24, 2.45) is 4.99 Å². The van der Waals surface area contributed by atoms with E-state index in [1.807, 2.05) is 48.6 Å². The predicted octanol–water partition coefficient (Wildman–Crippen LogP) is 5.86. The third kappa shape index (κ3) is 4.68. The second-order valence-electron chi connectivity index (χ2n) is 8.43. The zero-order valence-electron chi connectivity index (χ0n) is 18.9. The molecule has 1 saturated heterocycles. The van der Waals surface area contributed by atoms with Crippen LogP contribution >= 0.6 is 11.6 Å². The molecule has 0 aliphatic carbocycles. The van der Waals surface area contributed by atoms with Crippen molar-refractivity contribution in [3.05, 3.63) is 93.4 Å². The van der Waals surface area contributed by atoms with Crippen LogP contribution in [0.4, 0.5) is 5.69 Å². The number of carbonyl (C=O) groups is 1. The van der Waals surface area contributed by atoms with E-state index in [2.05, 4.69) is 23.5 Å². The first kappa shape index (κ1) is 23.5. The second kappa shape index (κ2) is 10.1. The monoisotopic (exact) mass is 475 g/mol. The molecular formula is C27H26ClN3O3. The Morgan fingerprint density at radius 3 is 2.76 bits per heavy atom. The molecule has 1 atom stereocenters. The summed E-state index contributed by atoms with van der Waals surface area (Å²) in [5.41, 5.74) is 2.63. The molecule has 1 N–H and O–H groups in total. The van der Waals surface area contributed by atoms with Crippen LogP contribution in [0.5, 0.6) is 0 Å². The predicted molar refractivity (Wildman–Crippen MR) is 139 cm³/mol. The minimum absolute atomic E-state index is 0.270. The number of aliphatic imine (C=N–C) groups is 1. The highest BCUT2D eigenvalue weighted by Crippen LogP contribution is 2.37. The lowest BCUT2D eigenvalue weighted by atomic mass is 10.0. The van der Waals surface area contributed by atoms with E-state index < -0.39 is 11.4 Å². The number of carboxylic acid groups (broad SMARTS) is 1. The number of pyridine rings is 1. The zero-order chi connectivity index (χ0) is 24.2. The van der Waals surface area contributed by atoms with Crippen molar-refractivity contribution in [1.82, 2.24) is 4.57 Å². The molecule has 1 aliphatic heterocycles. The molecule has 1 unspecified atom stereocenters. The van der Waals surface area contributed by atoms with Crippen LogP contribution < -0.4 is 10.3 Å². The molecule has 1 fully saturated rings. The van der Waals surface area contributed by atoms with Crippen LogP contribution in [0.2, 0.25) is 5.02 Å². The molecule has 1 aliphatic rings. The van der Waals surface area contributed by atoms with Crippen LogP contribution in [0.3, 0.4) is 0 Å². The van der Waals surface area contributed by atoms with Crippen molar-refractivity contribution in [3.63, 3.8) is 0 Å². The maximum atomic E-state index is 13.0. The smallest absolute Gasteiger partial charge is 0.341 e. The summed E-state index contributed by atoms with van der Waals surface area (Å²) in [5, 5.41) is 10.3. The van der Waals surface area contributed by atoms with Gasteiger partial charge in [0.05, 0.1) is 16.2 Å². The topological polar surface area (TPSA) is 74.9 Å². The summed E-state index contributed by atoms with van der Waals surface area (Å²) in [4.78, 5) is 30.8. The summed E-state index contributed by atoms with van der Waals surface area (Å²) < 4.78 is 1.75. The molecule has 6 nitrogen and oxygen atoms in total. The van der Waals surface area contributed by atoms with Crippen LogP contribution in [0.15, 0.2) is 82.4 Å². The first-order valence-electron chi connectivity index (χ1n) is 11.1. The Bertz CT molecular complexity index is 1360. The van der Waals surface area contributed by atoms with Gasteiger partial charge in [-0.2, -0.15) is 0 Å². The van der Waals surface area contributed by atoms with Gasteiger partial charge >= 0.3 is 5.97 Å². The maximum absolute atomic E-state index is 13.0. The molecule has 34 heavy (non-hydrogen) atoms. The number of nitrogens with zero attached hydrogens (tertiary/aromatic N) is 3. The number of hydrogen-bond acceptors (Lipinski definition) is 4. The third-order valence-corrected chi connectivity index (χ3v) is 6.46. The largest absolute Gasteiger partial charge is 0.477 e. The molecule has 2 aromatic carbocycles. The summed E-state index contributed by atoms with van der Waals surface area (Å²) in [7, 11) is 0. The van der Waals surface area contributed by atoms with Gasteiger partial charge in [-0.3, -0.25) is 9.79 Å². The number of aromatic carboxylic acids is 1. The number of rotatable bonds is 7. The van der Waals surface area contributed by atoms with Gasteiger partial charge < -0.3 is 14.6 Å². The zero-order valence-corrected chi connectivity index (χ0v) is 19.7. The van der Waals surface area contributed by atoms with Crippen molar-refractivity contribution in [1.29, 1.82) is 0 Å². The maximum Gasteiger partial charge on any atom is 0.341 e. The first-order chi connectivity index (χ1) is 16.4. The van der Waals surface area contributed by atoms with E-state index in [0.29, 0.717) is 10.5 Å². The molecule has 3 aromatic rings. The number of carboxylic acids is 1. The minimum Gasteiger partial charge on any atom is -0.477 e. The van der Waals surface area contributed by atoms with Gasteiger partial charge in [-0.05, 0) is 63.2 Å². The molecule has 4 rings (SSSR count). The van der Waals surface area contributed by atoms with Gasteiger partial charge in [0.25, 0.3) is 0 Å². The Morgan fingerprint density at radius 1 is 1.29 bits per heavy atom. The Hall–Kier alpha value is -3.64. The van der Waals surface area contributed by atoms with Crippen molar-refractivity contribution >= 4 is 40.9 Å². The fraction of sp³-hybridized carbons (Fsp3) is 0.222. The highest BCUT2D eigenvalue weighted by molar-refractivity contribution is 6.34. The first-order valence-corrected chi connectivity index (χ1v) is 11.5. The van der Waals surface area contributed by atoms with E-state index in [-0.39, 0.29) is 17.0 Å². The lowest BCUT2D eigenvalue weighted by Gasteiger charge is -2.29. The normalized spacial score (nSPS) is 16.5. The molecule has 0 spiro atoms. The van der Waals surface area contributed by atoms with Gasteiger partial charge in [0, 0.05) is 36.1 Å². The van der Waals surface area contributed by atoms with E-state index in [1.165, 1.54) is 11.8 Å². The number of anilines is 1. The number of halogens is 1. The van der Waals surface area contributed by atoms with Gasteiger partial charge in [0.1, 0.15) is 5.56 Å². The van der Waals surface area contributed by atoms with E-state index in [1.54, 1.807) is 16.8 Å². The Kier molecular flexibility index (Phi) is 6.98. The number of para-hydroxylation sites is 1. The summed E-state index contributed by atoms with van der Waals surface area (Å²) >= 11 is 6.71. The minimum atomic E-state index is -1.26. The molecule has 0 bridgehead atoms. The molecule has 0 saturated carbocycles. The number of hydrogen-bond donors (Lipinski definition) is 1. The number of allylic oxidation sites excluding steroid dienone is 2. The molecule has 174 valence electrons. The van der Waals surface area contributed by atoms with Crippen LogP contribution in [0.25, 0.3) is 16.6 Å². The van der Waals surface area contributed by atoms with E-state index >= 15 is 0 Å². The average Bonchev–Trinajstić information content (AvgIpc) is 3.27. The molecule has 2 heterocycles. The Labute approximate surface area is 203 Å². The second-order valence-corrected chi connectivity index (χ2v) is 8.84. The van der Waals surface area contributed by atoms with Crippen molar-refractivity contribution in [2.75, 3.05) is 11.4 Å². The van der Waals surface area contributed by atoms with E-state index in [4.69, 9.17) is 11.6 Å². The summed E-state index contributed by atoms with van der Waals surface area (Å²) in [5.74, 6) is -1.26. The molecular weight excluding hydrogens is 450 g/mol. The lowest BCUT2D eigenvalue weighted by Crippen LogP contribution is -2.30. The van der Waals surface area contributed by atoms with Gasteiger partial charge in [-0.25, -0.2) is 4.79 Å².